The molecule has 0 aromatic carbocycles. The lowest BCUT2D eigenvalue weighted by Gasteiger charge is -2.32. The normalized spacial score (nSPS) is 12.5. The Morgan fingerprint density at radius 3 is 1.67 bits per heavy atom. The zero-order valence-electron chi connectivity index (χ0n) is 12.6. The van der Waals surface area contributed by atoms with Gasteiger partial charge in [-0.2, -0.15) is 0 Å². The summed E-state index contributed by atoms with van der Waals surface area (Å²) in [6, 6.07) is 0. The highest BCUT2D eigenvalue weighted by Crippen LogP contribution is 2.11. The Bertz CT molecular complexity index is 166. The van der Waals surface area contributed by atoms with Gasteiger partial charge in [0.15, 0.2) is 6.23 Å². The van der Waals surface area contributed by atoms with Crippen LogP contribution in [0.2, 0.25) is 0 Å². The van der Waals surface area contributed by atoms with E-state index in [1.165, 1.54) is 51.4 Å². The molecule has 0 fully saturated rings. The Morgan fingerprint density at radius 2 is 1.28 bits per heavy atom. The Labute approximate surface area is 131 Å². The van der Waals surface area contributed by atoms with Crippen LogP contribution in [-0.4, -0.2) is 36.5 Å². The molecule has 0 rings (SSSR count). The van der Waals surface area contributed by atoms with Crippen LogP contribution in [0, 0.1) is 0 Å². The highest BCUT2D eigenvalue weighted by Gasteiger charge is 2.19. The highest BCUT2D eigenvalue weighted by molar-refractivity contribution is 8.93. The molecule has 0 aromatic heterocycles. The fourth-order valence-corrected chi connectivity index (χ4v) is 1.84. The van der Waals surface area contributed by atoms with Crippen molar-refractivity contribution in [2.75, 3.05) is 20.6 Å². The van der Waals surface area contributed by atoms with E-state index in [2.05, 4.69) is 21.0 Å². The first kappa shape index (κ1) is 23.8. The molecule has 0 aliphatic heterocycles. The number of hydrogen-bond donors (Lipinski definition) is 1. The highest BCUT2D eigenvalue weighted by atomic mass is 79.9. The van der Waals surface area contributed by atoms with Crippen LogP contribution in [-0.2, 0) is 0 Å². The topological polar surface area (TPSA) is 20.2 Å². The van der Waals surface area contributed by atoms with Crippen molar-refractivity contribution in [3.05, 3.63) is 0 Å². The van der Waals surface area contributed by atoms with E-state index >= 15 is 0 Å². The second kappa shape index (κ2) is 14.1. The van der Waals surface area contributed by atoms with Crippen LogP contribution in [0.25, 0.3) is 0 Å². The molecule has 0 amide bonds. The van der Waals surface area contributed by atoms with Crippen LogP contribution in [0.3, 0.4) is 0 Å². The van der Waals surface area contributed by atoms with Crippen molar-refractivity contribution in [2.24, 2.45) is 0 Å². The molecule has 1 atom stereocenters. The summed E-state index contributed by atoms with van der Waals surface area (Å²) in [5, 5.41) is 9.55. The van der Waals surface area contributed by atoms with Crippen LogP contribution in [0.15, 0.2) is 0 Å². The maximum Gasteiger partial charge on any atom is 0.187 e. The number of aliphatic hydroxyl groups is 1. The molecule has 0 heterocycles. The molecule has 1 unspecified atom stereocenters. The Hall–Kier alpha value is 0.690. The molecule has 114 valence electrons. The summed E-state index contributed by atoms with van der Waals surface area (Å²) in [5.74, 6) is 0. The van der Waals surface area contributed by atoms with Crippen molar-refractivity contribution in [1.82, 2.24) is 0 Å². The van der Waals surface area contributed by atoms with Gasteiger partial charge in [0.2, 0.25) is 0 Å². The zero-order chi connectivity index (χ0) is 12.4. The average Bonchev–Trinajstić information content (AvgIpc) is 2.21. The van der Waals surface area contributed by atoms with Gasteiger partial charge in [0, 0.05) is 6.92 Å². The van der Waals surface area contributed by atoms with Crippen molar-refractivity contribution in [3.8, 4) is 0 Å². The maximum absolute atomic E-state index is 9.55. The number of hydrogen-bond acceptors (Lipinski definition) is 1. The molecule has 0 radical (unpaired) electrons. The van der Waals surface area contributed by atoms with Crippen molar-refractivity contribution in [1.29, 1.82) is 0 Å². The van der Waals surface area contributed by atoms with Gasteiger partial charge >= 0.3 is 0 Å². The zero-order valence-corrected chi connectivity index (χ0v) is 15.1. The summed E-state index contributed by atoms with van der Waals surface area (Å²) >= 11 is 0. The van der Waals surface area contributed by atoms with Gasteiger partial charge < -0.3 is 22.0 Å². The Morgan fingerprint density at radius 1 is 0.889 bits per heavy atom. The molecule has 0 saturated carbocycles. The van der Waals surface area contributed by atoms with E-state index in [0.717, 1.165) is 11.0 Å². The minimum atomic E-state index is -0.246. The Kier molecular flexibility index (Phi) is 18.6. The van der Waals surface area contributed by atoms with Gasteiger partial charge in [0.25, 0.3) is 0 Å². The number of unbranched alkanes of at least 4 members (excludes halogenated alkanes) is 7. The molecule has 0 bridgehead atoms. The third kappa shape index (κ3) is 13.1. The maximum atomic E-state index is 9.55. The van der Waals surface area contributed by atoms with Crippen LogP contribution in [0.5, 0.6) is 0 Å². The largest absolute Gasteiger partial charge is 1.00 e. The van der Waals surface area contributed by atoms with E-state index in [1.54, 1.807) is 0 Å². The first-order chi connectivity index (χ1) is 7.50. The molecule has 2 nitrogen and oxygen atoms in total. The molecule has 0 spiro atoms. The van der Waals surface area contributed by atoms with Crippen molar-refractivity contribution >= 4 is 17.0 Å². The van der Waals surface area contributed by atoms with Crippen molar-refractivity contribution < 1.29 is 22.0 Å². The smallest absolute Gasteiger partial charge is 0.187 e. The SMILES string of the molecule is Br.CCCCCCCCCC[N+](C)(C)C(C)O.[Cl-]. The summed E-state index contributed by atoms with van der Waals surface area (Å²) in [6.07, 6.45) is 10.6. The second-order valence-electron chi connectivity index (χ2n) is 5.61. The van der Waals surface area contributed by atoms with Gasteiger partial charge in [-0.1, -0.05) is 45.4 Å². The van der Waals surface area contributed by atoms with E-state index < -0.39 is 0 Å². The van der Waals surface area contributed by atoms with Crippen molar-refractivity contribution in [3.63, 3.8) is 0 Å². The number of quaternary nitrogens is 1. The first-order valence-corrected chi connectivity index (χ1v) is 7.01. The summed E-state index contributed by atoms with van der Waals surface area (Å²) < 4.78 is 0.732. The van der Waals surface area contributed by atoms with E-state index in [9.17, 15) is 5.11 Å². The molecule has 4 heteroatoms. The predicted molar refractivity (Wildman–Crippen MR) is 81.6 cm³/mol. The standard InChI is InChI=1S/C14H32NO.BrH.ClH/c1-5-6-7-8-9-10-11-12-13-15(3,4)14(2)16;;/h14,16H,5-13H2,1-4H3;2*1H/q+1;;/p-1. The van der Waals surface area contributed by atoms with Crippen LogP contribution in [0.1, 0.15) is 65.2 Å². The van der Waals surface area contributed by atoms with Gasteiger partial charge in [0.05, 0.1) is 20.6 Å². The van der Waals surface area contributed by atoms with E-state index in [0.29, 0.717) is 0 Å². The lowest BCUT2D eigenvalue weighted by atomic mass is 10.1. The van der Waals surface area contributed by atoms with E-state index in [1.807, 2.05) is 6.92 Å². The lowest BCUT2D eigenvalue weighted by Crippen LogP contribution is -3.00. The number of rotatable bonds is 10. The van der Waals surface area contributed by atoms with Crippen LogP contribution < -0.4 is 12.4 Å². The van der Waals surface area contributed by atoms with Gasteiger partial charge in [-0.25, -0.2) is 0 Å². The van der Waals surface area contributed by atoms with Gasteiger partial charge in [-0.3, -0.25) is 0 Å². The fourth-order valence-electron chi connectivity index (χ4n) is 1.84. The second-order valence-corrected chi connectivity index (χ2v) is 5.61. The summed E-state index contributed by atoms with van der Waals surface area (Å²) in [7, 11) is 4.21. The summed E-state index contributed by atoms with van der Waals surface area (Å²) in [5.41, 5.74) is 0. The first-order valence-electron chi connectivity index (χ1n) is 7.01. The predicted octanol–water partition coefficient (Wildman–Crippen LogP) is 1.12. The molecule has 0 aromatic rings. The minimum absolute atomic E-state index is 0. The molecule has 0 aliphatic rings. The monoisotopic (exact) mass is 345 g/mol. The summed E-state index contributed by atoms with van der Waals surface area (Å²) in [6.45, 7) is 5.23. The van der Waals surface area contributed by atoms with E-state index in [-0.39, 0.29) is 35.6 Å². The van der Waals surface area contributed by atoms with Crippen LogP contribution in [0.4, 0.5) is 0 Å². The average molecular weight is 347 g/mol. The van der Waals surface area contributed by atoms with E-state index in [4.69, 9.17) is 0 Å². The van der Waals surface area contributed by atoms with Gasteiger partial charge in [-0.15, -0.1) is 17.0 Å². The number of halogens is 2. The third-order valence-electron chi connectivity index (χ3n) is 3.60. The summed E-state index contributed by atoms with van der Waals surface area (Å²) in [4.78, 5) is 0. The number of nitrogens with zero attached hydrogens (tertiary/aromatic N) is 1. The third-order valence-corrected chi connectivity index (χ3v) is 3.60. The quantitative estimate of drug-likeness (QED) is 0.357. The number of aliphatic hydroxyl groups excluding tert-OH is 1. The minimum Gasteiger partial charge on any atom is -1.00 e. The molecule has 0 saturated heterocycles. The van der Waals surface area contributed by atoms with Gasteiger partial charge in [0.1, 0.15) is 0 Å². The van der Waals surface area contributed by atoms with Gasteiger partial charge in [-0.05, 0) is 12.8 Å². The molecular formula is C14H33BrClNO. The Balaban J connectivity index is -0.00000112. The molecule has 1 N–H and O–H groups in total. The van der Waals surface area contributed by atoms with Crippen molar-refractivity contribution in [2.45, 2.75) is 71.4 Å². The molecule has 0 aliphatic carbocycles. The molecule has 18 heavy (non-hydrogen) atoms. The van der Waals surface area contributed by atoms with Crippen LogP contribution >= 0.6 is 17.0 Å². The lowest BCUT2D eigenvalue weighted by molar-refractivity contribution is -0.934. The fraction of sp³-hybridized carbons (Fsp3) is 1.00. The molecular weight excluding hydrogens is 314 g/mol.